The smallest absolute Gasteiger partial charge is 0.380 e. The minimum absolute atomic E-state index is 0.0459. The number of benzene rings is 1. The van der Waals surface area contributed by atoms with Crippen molar-refractivity contribution in [3.63, 3.8) is 0 Å². The zero-order valence-electron chi connectivity index (χ0n) is 11.5. The van der Waals surface area contributed by atoms with Crippen molar-refractivity contribution in [2.24, 2.45) is 0 Å². The summed E-state index contributed by atoms with van der Waals surface area (Å²) in [5, 5.41) is 13.0. The van der Waals surface area contributed by atoms with Gasteiger partial charge in [0.15, 0.2) is 5.60 Å². The molecule has 2 N–H and O–H groups in total. The number of halogens is 5. The summed E-state index contributed by atoms with van der Waals surface area (Å²) in [6.45, 7) is 0.000212. The van der Waals surface area contributed by atoms with Crippen LogP contribution in [0.25, 0.3) is 0 Å². The van der Waals surface area contributed by atoms with Crippen LogP contribution in [0.15, 0.2) is 30.3 Å². The molecule has 3 nitrogen and oxygen atoms in total. The molecule has 0 amide bonds. The summed E-state index contributed by atoms with van der Waals surface area (Å²) in [4.78, 5) is 0. The second-order valence-corrected chi connectivity index (χ2v) is 5.22. The van der Waals surface area contributed by atoms with Crippen molar-refractivity contribution in [2.75, 3.05) is 19.7 Å². The van der Waals surface area contributed by atoms with E-state index in [4.69, 9.17) is 4.74 Å². The lowest BCUT2D eigenvalue weighted by Gasteiger charge is -2.43. The van der Waals surface area contributed by atoms with Crippen molar-refractivity contribution >= 4 is 0 Å². The topological polar surface area (TPSA) is 41.5 Å². The number of hydrogen-bond acceptors (Lipinski definition) is 3. The maximum absolute atomic E-state index is 14.0. The first-order valence-electron chi connectivity index (χ1n) is 6.71. The van der Waals surface area contributed by atoms with E-state index < -0.39 is 30.2 Å². The third-order valence-electron chi connectivity index (χ3n) is 3.68. The van der Waals surface area contributed by atoms with E-state index in [0.717, 1.165) is 0 Å². The molecule has 0 bridgehead atoms. The molecule has 124 valence electrons. The van der Waals surface area contributed by atoms with Crippen LogP contribution < -0.4 is 5.32 Å². The number of morpholine rings is 1. The van der Waals surface area contributed by atoms with Crippen LogP contribution in [0.2, 0.25) is 0 Å². The quantitative estimate of drug-likeness (QED) is 0.834. The lowest BCUT2D eigenvalue weighted by molar-refractivity contribution is -0.359. The summed E-state index contributed by atoms with van der Waals surface area (Å²) in [6, 6.07) is 7.37. The average Bonchev–Trinajstić information content (AvgIpc) is 2.48. The van der Waals surface area contributed by atoms with Gasteiger partial charge in [0.1, 0.15) is 6.10 Å². The molecule has 1 aliphatic heterocycles. The Labute approximate surface area is 124 Å². The van der Waals surface area contributed by atoms with Gasteiger partial charge in [0.2, 0.25) is 0 Å². The largest absolute Gasteiger partial charge is 0.456 e. The van der Waals surface area contributed by atoms with E-state index in [1.807, 2.05) is 0 Å². The molecule has 8 heteroatoms. The number of ether oxygens (including phenoxy) is 1. The highest BCUT2D eigenvalue weighted by Gasteiger charge is 2.72. The predicted molar refractivity (Wildman–Crippen MR) is 68.7 cm³/mol. The molecule has 0 spiro atoms. The Morgan fingerprint density at radius 3 is 2.27 bits per heavy atom. The molecule has 1 aliphatic rings. The first kappa shape index (κ1) is 17.1. The molecule has 0 aliphatic carbocycles. The third-order valence-corrected chi connectivity index (χ3v) is 3.68. The number of nitrogens with one attached hydrogen (secondary N) is 1. The normalized spacial score (nSPS) is 23.1. The molecule has 0 radical (unpaired) electrons. The van der Waals surface area contributed by atoms with Gasteiger partial charge >= 0.3 is 12.1 Å². The Bertz CT molecular complexity index is 488. The molecule has 2 atom stereocenters. The molecule has 1 saturated heterocycles. The standard InChI is InChI=1S/C14H16F5NO2/c15-13(16,14(17,18)19)12(21,11-9-20-6-7-22-11)8-10-4-2-1-3-5-10/h1-5,11,20-21H,6-9H2/t11-,12+/m0/s1. The number of hydrogen-bond donors (Lipinski definition) is 2. The second-order valence-electron chi connectivity index (χ2n) is 5.22. The fourth-order valence-corrected chi connectivity index (χ4v) is 2.45. The van der Waals surface area contributed by atoms with Gasteiger partial charge in [-0.3, -0.25) is 0 Å². The second kappa shape index (κ2) is 6.10. The molecule has 1 heterocycles. The number of aliphatic hydroxyl groups is 1. The van der Waals surface area contributed by atoms with Crippen LogP contribution in [0.4, 0.5) is 22.0 Å². The van der Waals surface area contributed by atoms with Gasteiger partial charge in [0.05, 0.1) is 6.61 Å². The molecular formula is C14H16F5NO2. The van der Waals surface area contributed by atoms with Gasteiger partial charge in [-0.2, -0.15) is 22.0 Å². The van der Waals surface area contributed by atoms with E-state index in [-0.39, 0.29) is 18.7 Å². The first-order chi connectivity index (χ1) is 10.2. The maximum Gasteiger partial charge on any atom is 0.456 e. The average molecular weight is 325 g/mol. The zero-order chi connectivity index (χ0) is 16.4. The monoisotopic (exact) mass is 325 g/mol. The van der Waals surface area contributed by atoms with E-state index in [1.165, 1.54) is 24.3 Å². The molecule has 0 aromatic heterocycles. The van der Waals surface area contributed by atoms with Gasteiger partial charge in [-0.05, 0) is 5.56 Å². The summed E-state index contributed by atoms with van der Waals surface area (Å²) in [5.41, 5.74) is -3.22. The van der Waals surface area contributed by atoms with E-state index in [2.05, 4.69) is 5.32 Å². The van der Waals surface area contributed by atoms with Crippen LogP contribution in [-0.2, 0) is 11.2 Å². The molecule has 22 heavy (non-hydrogen) atoms. The SMILES string of the molecule is O[C@](Cc1ccccc1)([C@@H]1CNCCO1)C(F)(F)C(F)(F)F. The van der Waals surface area contributed by atoms with Gasteiger partial charge < -0.3 is 15.2 Å². The van der Waals surface area contributed by atoms with E-state index in [9.17, 15) is 27.1 Å². The first-order valence-corrected chi connectivity index (χ1v) is 6.71. The number of rotatable bonds is 4. The van der Waals surface area contributed by atoms with Crippen LogP contribution in [-0.4, -0.2) is 48.6 Å². The fourth-order valence-electron chi connectivity index (χ4n) is 2.45. The maximum atomic E-state index is 14.0. The minimum atomic E-state index is -5.88. The molecule has 0 unspecified atom stereocenters. The van der Waals surface area contributed by atoms with E-state index >= 15 is 0 Å². The van der Waals surface area contributed by atoms with Gasteiger partial charge in [0, 0.05) is 19.5 Å². The summed E-state index contributed by atoms with van der Waals surface area (Å²) < 4.78 is 71.3. The third kappa shape index (κ3) is 3.09. The van der Waals surface area contributed by atoms with Crippen molar-refractivity contribution in [2.45, 2.75) is 30.2 Å². The van der Waals surface area contributed by atoms with Crippen LogP contribution in [0.3, 0.4) is 0 Å². The predicted octanol–water partition coefficient (Wildman–Crippen LogP) is 2.15. The molecular weight excluding hydrogens is 309 g/mol. The molecule has 1 aromatic carbocycles. The summed E-state index contributed by atoms with van der Waals surface area (Å²) in [7, 11) is 0. The van der Waals surface area contributed by atoms with Crippen molar-refractivity contribution in [1.82, 2.24) is 5.32 Å². The van der Waals surface area contributed by atoms with E-state index in [0.29, 0.717) is 6.54 Å². The molecule has 0 saturated carbocycles. The van der Waals surface area contributed by atoms with Gasteiger partial charge in [-0.1, -0.05) is 30.3 Å². The van der Waals surface area contributed by atoms with Crippen LogP contribution in [0, 0.1) is 0 Å². The van der Waals surface area contributed by atoms with Crippen molar-refractivity contribution in [1.29, 1.82) is 0 Å². The van der Waals surface area contributed by atoms with Gasteiger partial charge in [0.25, 0.3) is 0 Å². The zero-order valence-corrected chi connectivity index (χ0v) is 11.5. The fraction of sp³-hybridized carbons (Fsp3) is 0.571. The lowest BCUT2D eigenvalue weighted by atomic mass is 9.82. The van der Waals surface area contributed by atoms with Crippen LogP contribution in [0.1, 0.15) is 5.56 Å². The van der Waals surface area contributed by atoms with Gasteiger partial charge in [-0.25, -0.2) is 0 Å². The summed E-state index contributed by atoms with van der Waals surface area (Å²) in [6.07, 6.45) is -8.41. The Balaban J connectivity index is 2.39. The lowest BCUT2D eigenvalue weighted by Crippen LogP contribution is -2.67. The minimum Gasteiger partial charge on any atom is -0.380 e. The Kier molecular flexibility index (Phi) is 4.74. The van der Waals surface area contributed by atoms with Crippen LogP contribution >= 0.6 is 0 Å². The summed E-state index contributed by atoms with van der Waals surface area (Å²) >= 11 is 0. The summed E-state index contributed by atoms with van der Waals surface area (Å²) in [5.74, 6) is -5.31. The highest BCUT2D eigenvalue weighted by Crippen LogP contribution is 2.47. The van der Waals surface area contributed by atoms with Crippen molar-refractivity contribution < 1.29 is 31.8 Å². The molecule has 2 rings (SSSR count). The highest BCUT2D eigenvalue weighted by molar-refractivity contribution is 5.20. The van der Waals surface area contributed by atoms with Gasteiger partial charge in [-0.15, -0.1) is 0 Å². The Morgan fingerprint density at radius 2 is 1.77 bits per heavy atom. The Morgan fingerprint density at radius 1 is 1.14 bits per heavy atom. The molecule has 1 fully saturated rings. The molecule has 1 aromatic rings. The number of alkyl halides is 5. The Hall–Kier alpha value is -1.25. The van der Waals surface area contributed by atoms with Crippen molar-refractivity contribution in [3.8, 4) is 0 Å². The van der Waals surface area contributed by atoms with Crippen molar-refractivity contribution in [3.05, 3.63) is 35.9 Å². The van der Waals surface area contributed by atoms with Crippen LogP contribution in [0.5, 0.6) is 0 Å². The highest BCUT2D eigenvalue weighted by atomic mass is 19.4. The van der Waals surface area contributed by atoms with E-state index in [1.54, 1.807) is 6.07 Å².